The fourth-order valence-electron chi connectivity index (χ4n) is 3.98. The number of hydrogen-bond acceptors (Lipinski definition) is 5. The summed E-state index contributed by atoms with van der Waals surface area (Å²) >= 11 is 0. The summed E-state index contributed by atoms with van der Waals surface area (Å²) in [7, 11) is 1.59. The Bertz CT molecular complexity index is 934. The summed E-state index contributed by atoms with van der Waals surface area (Å²) in [6.07, 6.45) is 3.31. The predicted octanol–water partition coefficient (Wildman–Crippen LogP) is 0.678. The first-order valence-corrected chi connectivity index (χ1v) is 8.77. The molecular formula is C18H21N5O3. The maximum absolute atomic E-state index is 13.0. The second kappa shape index (κ2) is 5.89. The molecule has 0 bridgehead atoms. The molecule has 4 rings (SSSR count). The van der Waals surface area contributed by atoms with Crippen molar-refractivity contribution < 1.29 is 14.4 Å². The van der Waals surface area contributed by atoms with Gasteiger partial charge in [-0.05, 0) is 31.7 Å². The number of carbonyl (C=O) groups is 3. The van der Waals surface area contributed by atoms with Crippen LogP contribution in [-0.2, 0) is 16.1 Å². The molecule has 1 aliphatic carbocycles. The van der Waals surface area contributed by atoms with Gasteiger partial charge in [-0.1, -0.05) is 0 Å². The van der Waals surface area contributed by atoms with E-state index in [0.29, 0.717) is 22.5 Å². The van der Waals surface area contributed by atoms with E-state index in [2.05, 4.69) is 15.4 Å². The van der Waals surface area contributed by atoms with Crippen LogP contribution in [0.15, 0.2) is 12.3 Å². The van der Waals surface area contributed by atoms with E-state index < -0.39 is 6.04 Å². The highest BCUT2D eigenvalue weighted by atomic mass is 16.2. The van der Waals surface area contributed by atoms with Crippen LogP contribution < -0.4 is 5.32 Å². The number of aromatic nitrogens is 3. The first-order valence-electron chi connectivity index (χ1n) is 8.77. The summed E-state index contributed by atoms with van der Waals surface area (Å²) < 4.78 is 1.53. The number of aryl methyl sites for hydroxylation is 1. The summed E-state index contributed by atoms with van der Waals surface area (Å²) in [6, 6.07) is 1.55. The number of pyridine rings is 1. The number of ketones is 1. The summed E-state index contributed by atoms with van der Waals surface area (Å²) in [5, 5.41) is 7.69. The molecule has 1 saturated carbocycles. The Balaban J connectivity index is 1.66. The van der Waals surface area contributed by atoms with E-state index in [9.17, 15) is 14.4 Å². The van der Waals surface area contributed by atoms with Gasteiger partial charge in [0.1, 0.15) is 18.3 Å². The van der Waals surface area contributed by atoms with Gasteiger partial charge in [0.05, 0.1) is 11.7 Å². The molecule has 1 aliphatic heterocycles. The maximum Gasteiger partial charge on any atom is 0.245 e. The molecule has 0 spiro atoms. The molecule has 2 aromatic rings. The third-order valence-electron chi connectivity index (χ3n) is 5.33. The number of nitrogens with zero attached hydrogens (tertiary/aromatic N) is 4. The van der Waals surface area contributed by atoms with Gasteiger partial charge in [-0.15, -0.1) is 0 Å². The van der Waals surface area contributed by atoms with Crippen molar-refractivity contribution >= 4 is 28.5 Å². The lowest BCUT2D eigenvalue weighted by atomic mass is 10.1. The Labute approximate surface area is 150 Å². The molecule has 136 valence electrons. The number of piperidine rings is 1. The Morgan fingerprint density at radius 2 is 2.08 bits per heavy atom. The minimum Gasteiger partial charge on any atom is -0.357 e. The van der Waals surface area contributed by atoms with Crippen molar-refractivity contribution in [3.8, 4) is 0 Å². The smallest absolute Gasteiger partial charge is 0.245 e. The monoisotopic (exact) mass is 355 g/mol. The fourth-order valence-corrected chi connectivity index (χ4v) is 3.98. The van der Waals surface area contributed by atoms with Gasteiger partial charge in [-0.3, -0.25) is 24.0 Å². The van der Waals surface area contributed by atoms with E-state index in [1.807, 2.05) is 6.92 Å². The molecule has 8 nitrogen and oxygen atoms in total. The van der Waals surface area contributed by atoms with E-state index in [0.717, 1.165) is 18.5 Å². The lowest BCUT2D eigenvalue weighted by molar-refractivity contribution is -0.140. The first-order chi connectivity index (χ1) is 12.4. The van der Waals surface area contributed by atoms with E-state index in [1.165, 1.54) is 11.6 Å². The lowest BCUT2D eigenvalue weighted by Crippen LogP contribution is -2.48. The van der Waals surface area contributed by atoms with Crippen molar-refractivity contribution in [1.82, 2.24) is 25.0 Å². The number of Topliss-reactive ketones (excluding diaryl/α,β-unsaturated/α-hetero) is 1. The van der Waals surface area contributed by atoms with E-state index in [-0.39, 0.29) is 30.2 Å². The van der Waals surface area contributed by atoms with Gasteiger partial charge in [0, 0.05) is 31.1 Å². The van der Waals surface area contributed by atoms with Crippen molar-refractivity contribution in [2.75, 3.05) is 7.05 Å². The SMILES string of the molecule is CNC(=O)C1CC2CC2N1C(=O)Cn1nc(C(C)=O)c2cc(C)ncc21. The van der Waals surface area contributed by atoms with Crippen LogP contribution in [0, 0.1) is 12.8 Å². The molecule has 2 amide bonds. The molecule has 0 radical (unpaired) electrons. The van der Waals surface area contributed by atoms with Crippen molar-refractivity contribution in [2.24, 2.45) is 5.92 Å². The third-order valence-corrected chi connectivity index (χ3v) is 5.33. The number of nitrogens with one attached hydrogen (secondary N) is 1. The first kappa shape index (κ1) is 16.7. The summed E-state index contributed by atoms with van der Waals surface area (Å²) in [5.41, 5.74) is 1.77. The number of rotatable bonds is 4. The topological polar surface area (TPSA) is 97.2 Å². The Hall–Kier alpha value is -2.77. The van der Waals surface area contributed by atoms with Gasteiger partial charge in [0.2, 0.25) is 11.8 Å². The predicted molar refractivity (Wildman–Crippen MR) is 93.5 cm³/mol. The average Bonchev–Trinajstić information content (AvgIpc) is 3.12. The van der Waals surface area contributed by atoms with E-state index >= 15 is 0 Å². The number of likely N-dealkylation sites (tertiary alicyclic amines) is 1. The van der Waals surface area contributed by atoms with Gasteiger partial charge in [-0.2, -0.15) is 5.10 Å². The molecule has 1 saturated heterocycles. The second-order valence-corrected chi connectivity index (χ2v) is 7.14. The molecule has 26 heavy (non-hydrogen) atoms. The van der Waals surface area contributed by atoms with Crippen LogP contribution in [0.25, 0.3) is 10.9 Å². The molecule has 0 aromatic carbocycles. The molecule has 3 heterocycles. The third kappa shape index (κ3) is 2.56. The minimum absolute atomic E-state index is 0.00870. The van der Waals surface area contributed by atoms with Gasteiger partial charge in [-0.25, -0.2) is 0 Å². The van der Waals surface area contributed by atoms with Gasteiger partial charge in [0.15, 0.2) is 5.78 Å². The highest BCUT2D eigenvalue weighted by molar-refractivity contribution is 6.05. The van der Waals surface area contributed by atoms with Crippen molar-refractivity contribution in [3.63, 3.8) is 0 Å². The van der Waals surface area contributed by atoms with E-state index in [4.69, 9.17) is 0 Å². The summed E-state index contributed by atoms with van der Waals surface area (Å²) in [5.74, 6) is -0.00700. The summed E-state index contributed by atoms with van der Waals surface area (Å²) in [4.78, 5) is 42.9. The molecule has 2 aliphatic rings. The molecule has 3 atom stereocenters. The second-order valence-electron chi connectivity index (χ2n) is 7.14. The van der Waals surface area contributed by atoms with Crippen molar-refractivity contribution in [3.05, 3.63) is 23.7 Å². The fraction of sp³-hybridized carbons (Fsp3) is 0.500. The zero-order chi connectivity index (χ0) is 18.6. The number of likely N-dealkylation sites (N-methyl/N-ethyl adjacent to an activating group) is 1. The number of fused-ring (bicyclic) bond motifs is 2. The van der Waals surface area contributed by atoms with Crippen molar-refractivity contribution in [2.45, 2.75) is 45.3 Å². The lowest BCUT2D eigenvalue weighted by Gasteiger charge is -2.26. The molecular weight excluding hydrogens is 334 g/mol. The minimum atomic E-state index is -0.411. The molecule has 2 fully saturated rings. The average molecular weight is 355 g/mol. The number of amides is 2. The van der Waals surface area contributed by atoms with Crippen LogP contribution in [0.1, 0.15) is 35.9 Å². The molecule has 1 N–H and O–H groups in total. The Morgan fingerprint density at radius 3 is 2.77 bits per heavy atom. The maximum atomic E-state index is 13.0. The highest BCUT2D eigenvalue weighted by Crippen LogP contribution is 2.48. The number of hydrogen-bond donors (Lipinski definition) is 1. The van der Waals surface area contributed by atoms with Crippen LogP contribution >= 0.6 is 0 Å². The summed E-state index contributed by atoms with van der Waals surface area (Å²) in [6.45, 7) is 3.29. The van der Waals surface area contributed by atoms with Crippen LogP contribution in [0.3, 0.4) is 0 Å². The van der Waals surface area contributed by atoms with Crippen LogP contribution in [-0.4, -0.2) is 56.4 Å². The van der Waals surface area contributed by atoms with Gasteiger partial charge >= 0.3 is 0 Å². The van der Waals surface area contributed by atoms with Crippen molar-refractivity contribution in [1.29, 1.82) is 0 Å². The quantitative estimate of drug-likeness (QED) is 0.814. The zero-order valence-corrected chi connectivity index (χ0v) is 15.0. The van der Waals surface area contributed by atoms with Gasteiger partial charge < -0.3 is 10.2 Å². The largest absolute Gasteiger partial charge is 0.357 e. The molecule has 8 heteroatoms. The Morgan fingerprint density at radius 1 is 1.31 bits per heavy atom. The van der Waals surface area contributed by atoms with Crippen LogP contribution in [0.5, 0.6) is 0 Å². The van der Waals surface area contributed by atoms with Crippen LogP contribution in [0.4, 0.5) is 0 Å². The standard InChI is InChI=1S/C18H21N5O3/c1-9-4-12-15(7-20-9)22(21-17(12)10(2)24)8-16(25)23-13-5-11(13)6-14(23)18(26)19-3/h4,7,11,13-14H,5-6,8H2,1-3H3,(H,19,26). The zero-order valence-electron chi connectivity index (χ0n) is 15.0. The highest BCUT2D eigenvalue weighted by Gasteiger charge is 2.55. The number of carbonyl (C=O) groups excluding carboxylic acids is 3. The van der Waals surface area contributed by atoms with E-state index in [1.54, 1.807) is 24.2 Å². The van der Waals surface area contributed by atoms with Crippen LogP contribution in [0.2, 0.25) is 0 Å². The molecule has 3 unspecified atom stereocenters. The van der Waals surface area contributed by atoms with Gasteiger partial charge in [0.25, 0.3) is 0 Å². The Kier molecular flexibility index (Phi) is 3.78. The molecule has 2 aromatic heterocycles. The normalized spacial score (nSPS) is 23.8.